The smallest absolute Gasteiger partial charge is 0.244 e. The first-order valence-electron chi connectivity index (χ1n) is 7.16. The Morgan fingerprint density at radius 3 is 2.36 bits per heavy atom. The number of rotatable bonds is 2. The van der Waals surface area contributed by atoms with Crippen LogP contribution < -0.4 is 0 Å². The van der Waals surface area contributed by atoms with Gasteiger partial charge in [-0.25, -0.2) is 8.42 Å². The van der Waals surface area contributed by atoms with E-state index in [-0.39, 0.29) is 9.92 Å². The van der Waals surface area contributed by atoms with Gasteiger partial charge >= 0.3 is 0 Å². The Bertz CT molecular complexity index is 649. The van der Waals surface area contributed by atoms with Crippen LogP contribution in [-0.4, -0.2) is 44.8 Å². The fourth-order valence-corrected chi connectivity index (χ4v) is 4.97. The summed E-state index contributed by atoms with van der Waals surface area (Å²) in [6.07, 6.45) is 1.91. The highest BCUT2D eigenvalue weighted by atomic mass is 35.5. The van der Waals surface area contributed by atoms with Crippen LogP contribution in [0.5, 0.6) is 0 Å². The Balaban J connectivity index is 1.78. The Labute approximate surface area is 140 Å². The van der Waals surface area contributed by atoms with E-state index in [1.165, 1.54) is 16.4 Å². The van der Waals surface area contributed by atoms with Gasteiger partial charge in [-0.2, -0.15) is 4.31 Å². The molecule has 22 heavy (non-hydrogen) atoms. The van der Waals surface area contributed by atoms with Crippen LogP contribution in [0.25, 0.3) is 0 Å². The molecule has 2 aliphatic rings. The number of sulfonamides is 1. The number of ether oxygens (including phenoxy) is 2. The molecule has 122 valence electrons. The zero-order valence-corrected chi connectivity index (χ0v) is 14.3. The normalized spacial score (nSPS) is 22.8. The number of hydrogen-bond donors (Lipinski definition) is 0. The van der Waals surface area contributed by atoms with Gasteiger partial charge in [-0.15, -0.1) is 0 Å². The molecule has 0 bridgehead atoms. The first-order valence-corrected chi connectivity index (χ1v) is 9.36. The topological polar surface area (TPSA) is 55.8 Å². The standard InChI is InChI=1S/C14H17Cl2NO4S/c15-11-2-3-12(16)13(10-11)22(18,19)17-6-4-14(5-7-17)20-8-1-9-21-14/h2-3,10H,1,4-9H2. The van der Waals surface area contributed by atoms with Crippen molar-refractivity contribution in [1.82, 2.24) is 4.31 Å². The Kier molecular flexibility index (Phi) is 4.69. The second-order valence-electron chi connectivity index (χ2n) is 5.44. The molecule has 3 rings (SSSR count). The van der Waals surface area contributed by atoms with E-state index in [0.717, 1.165) is 6.42 Å². The predicted molar refractivity (Wildman–Crippen MR) is 83.7 cm³/mol. The molecule has 0 atom stereocenters. The van der Waals surface area contributed by atoms with E-state index in [0.29, 0.717) is 44.2 Å². The molecular formula is C14H17Cl2NO4S. The molecule has 0 aliphatic carbocycles. The minimum absolute atomic E-state index is 0.0445. The van der Waals surface area contributed by atoms with Crippen molar-refractivity contribution >= 4 is 33.2 Å². The number of hydrogen-bond acceptors (Lipinski definition) is 4. The Hall–Kier alpha value is -0.370. The number of halogens is 2. The Morgan fingerprint density at radius 1 is 1.09 bits per heavy atom. The molecule has 0 saturated carbocycles. The molecule has 8 heteroatoms. The summed E-state index contributed by atoms with van der Waals surface area (Å²) in [4.78, 5) is 0.0445. The number of nitrogens with zero attached hydrogens (tertiary/aromatic N) is 1. The lowest BCUT2D eigenvalue weighted by Crippen LogP contribution is -2.51. The van der Waals surface area contributed by atoms with Crippen LogP contribution in [0.1, 0.15) is 19.3 Å². The fraction of sp³-hybridized carbons (Fsp3) is 0.571. The fourth-order valence-electron chi connectivity index (χ4n) is 2.79. The molecule has 0 aromatic heterocycles. The van der Waals surface area contributed by atoms with Crippen LogP contribution in [0.15, 0.2) is 23.1 Å². The van der Waals surface area contributed by atoms with E-state index in [1.54, 1.807) is 6.07 Å². The lowest BCUT2D eigenvalue weighted by Gasteiger charge is -2.42. The second-order valence-corrected chi connectivity index (χ2v) is 8.19. The quantitative estimate of drug-likeness (QED) is 0.808. The molecule has 5 nitrogen and oxygen atoms in total. The van der Waals surface area contributed by atoms with Crippen molar-refractivity contribution in [2.45, 2.75) is 29.9 Å². The van der Waals surface area contributed by atoms with Gasteiger partial charge in [-0.1, -0.05) is 23.2 Å². The van der Waals surface area contributed by atoms with E-state index >= 15 is 0 Å². The highest BCUT2D eigenvalue weighted by Gasteiger charge is 2.41. The van der Waals surface area contributed by atoms with E-state index in [1.807, 2.05) is 0 Å². The van der Waals surface area contributed by atoms with Gasteiger partial charge in [-0.3, -0.25) is 0 Å². The highest BCUT2D eigenvalue weighted by Crippen LogP contribution is 2.34. The van der Waals surface area contributed by atoms with Gasteiger partial charge in [0.2, 0.25) is 10.0 Å². The van der Waals surface area contributed by atoms with Crippen LogP contribution in [0.2, 0.25) is 10.0 Å². The molecule has 0 radical (unpaired) electrons. The van der Waals surface area contributed by atoms with Gasteiger partial charge in [-0.05, 0) is 24.6 Å². The zero-order valence-electron chi connectivity index (χ0n) is 11.9. The lowest BCUT2D eigenvalue weighted by molar-refractivity contribution is -0.280. The average Bonchev–Trinajstić information content (AvgIpc) is 2.51. The third kappa shape index (κ3) is 3.13. The van der Waals surface area contributed by atoms with E-state index in [4.69, 9.17) is 32.7 Å². The summed E-state index contributed by atoms with van der Waals surface area (Å²) in [5.74, 6) is -0.623. The predicted octanol–water partition coefficient (Wildman–Crippen LogP) is 2.91. The lowest BCUT2D eigenvalue weighted by atomic mass is 10.0. The summed E-state index contributed by atoms with van der Waals surface area (Å²) < 4.78 is 38.3. The monoisotopic (exact) mass is 365 g/mol. The first-order chi connectivity index (χ1) is 10.4. The van der Waals surface area contributed by atoms with E-state index in [9.17, 15) is 8.42 Å². The van der Waals surface area contributed by atoms with E-state index < -0.39 is 15.8 Å². The Morgan fingerprint density at radius 2 is 1.73 bits per heavy atom. The minimum atomic E-state index is -3.66. The summed E-state index contributed by atoms with van der Waals surface area (Å²) in [6, 6.07) is 4.45. The molecule has 1 spiro atoms. The van der Waals surface area contributed by atoms with Crippen LogP contribution >= 0.6 is 23.2 Å². The van der Waals surface area contributed by atoms with Gasteiger partial charge in [0, 0.05) is 31.0 Å². The van der Waals surface area contributed by atoms with Gasteiger partial charge in [0.15, 0.2) is 5.79 Å². The van der Waals surface area contributed by atoms with E-state index in [2.05, 4.69) is 0 Å². The third-order valence-corrected chi connectivity index (χ3v) is 6.63. The number of piperidine rings is 1. The molecule has 0 amide bonds. The van der Waals surface area contributed by atoms with Crippen molar-refractivity contribution in [1.29, 1.82) is 0 Å². The van der Waals surface area contributed by atoms with Crippen LogP contribution in [0.3, 0.4) is 0 Å². The molecule has 0 N–H and O–H groups in total. The maximum absolute atomic E-state index is 12.7. The maximum atomic E-state index is 12.7. The molecule has 1 aromatic rings. The van der Waals surface area contributed by atoms with Crippen LogP contribution in [-0.2, 0) is 19.5 Å². The number of benzene rings is 1. The summed E-state index contributed by atoms with van der Waals surface area (Å²) in [5.41, 5.74) is 0. The van der Waals surface area contributed by atoms with Gasteiger partial charge in [0.25, 0.3) is 0 Å². The largest absolute Gasteiger partial charge is 0.350 e. The van der Waals surface area contributed by atoms with Crippen molar-refractivity contribution < 1.29 is 17.9 Å². The van der Waals surface area contributed by atoms with Gasteiger partial charge in [0.05, 0.1) is 18.2 Å². The van der Waals surface area contributed by atoms with Crippen molar-refractivity contribution in [2.75, 3.05) is 26.3 Å². The van der Waals surface area contributed by atoms with Crippen molar-refractivity contribution in [3.63, 3.8) is 0 Å². The van der Waals surface area contributed by atoms with Crippen molar-refractivity contribution in [3.05, 3.63) is 28.2 Å². The molecule has 1 aromatic carbocycles. The molecular weight excluding hydrogens is 349 g/mol. The SMILES string of the molecule is O=S(=O)(c1cc(Cl)ccc1Cl)N1CCC2(CC1)OCCCO2. The van der Waals surface area contributed by atoms with Crippen molar-refractivity contribution in [3.8, 4) is 0 Å². The maximum Gasteiger partial charge on any atom is 0.244 e. The molecule has 2 saturated heterocycles. The molecule has 2 heterocycles. The van der Waals surface area contributed by atoms with Gasteiger partial charge < -0.3 is 9.47 Å². The summed E-state index contributed by atoms with van der Waals surface area (Å²) in [5, 5.41) is 0.519. The molecule has 2 aliphatic heterocycles. The van der Waals surface area contributed by atoms with Gasteiger partial charge in [0.1, 0.15) is 4.90 Å². The molecule has 0 unspecified atom stereocenters. The zero-order chi connectivity index (χ0) is 15.8. The highest BCUT2D eigenvalue weighted by molar-refractivity contribution is 7.89. The van der Waals surface area contributed by atoms with Crippen LogP contribution in [0.4, 0.5) is 0 Å². The summed E-state index contributed by atoms with van der Waals surface area (Å²) in [6.45, 7) is 2.00. The second kappa shape index (κ2) is 6.26. The molecule has 2 fully saturated rings. The summed E-state index contributed by atoms with van der Waals surface area (Å²) in [7, 11) is -3.66. The first kappa shape index (κ1) is 16.5. The average molecular weight is 366 g/mol. The van der Waals surface area contributed by atoms with Crippen LogP contribution in [0, 0.1) is 0 Å². The summed E-state index contributed by atoms with van der Waals surface area (Å²) >= 11 is 11.9. The van der Waals surface area contributed by atoms with Crippen molar-refractivity contribution in [2.24, 2.45) is 0 Å². The minimum Gasteiger partial charge on any atom is -0.350 e. The third-order valence-electron chi connectivity index (χ3n) is 4.01.